The summed E-state index contributed by atoms with van der Waals surface area (Å²) in [5, 5.41) is 0. The highest BCUT2D eigenvalue weighted by atomic mass is 16.6. The van der Waals surface area contributed by atoms with Crippen molar-refractivity contribution < 1.29 is 9.53 Å². The van der Waals surface area contributed by atoms with Crippen molar-refractivity contribution in [1.82, 2.24) is 14.9 Å². The zero-order valence-corrected chi connectivity index (χ0v) is 15.3. The molecule has 1 fully saturated rings. The summed E-state index contributed by atoms with van der Waals surface area (Å²) in [7, 11) is 0. The molecule has 0 spiro atoms. The number of H-pyrrole nitrogens is 1. The number of carbonyl (C=O) groups is 1. The number of nitrogens with one attached hydrogen (secondary N) is 1. The fourth-order valence-electron chi connectivity index (χ4n) is 3.14. The molecule has 5 heteroatoms. The molecular weight excluding hydrogens is 302 g/mol. The van der Waals surface area contributed by atoms with Crippen LogP contribution in [0.5, 0.6) is 0 Å². The Morgan fingerprint density at radius 1 is 1.21 bits per heavy atom. The highest BCUT2D eigenvalue weighted by molar-refractivity contribution is 5.77. The number of benzene rings is 1. The molecule has 24 heavy (non-hydrogen) atoms. The summed E-state index contributed by atoms with van der Waals surface area (Å²) in [5.41, 5.74) is 4.23. The second-order valence-electron chi connectivity index (χ2n) is 7.82. The van der Waals surface area contributed by atoms with Gasteiger partial charge in [0.15, 0.2) is 0 Å². The monoisotopic (exact) mass is 329 g/mol. The maximum Gasteiger partial charge on any atom is 0.410 e. The number of imidazole rings is 1. The molecule has 1 saturated heterocycles. The molecule has 1 aromatic carbocycles. The van der Waals surface area contributed by atoms with Crippen LogP contribution < -0.4 is 0 Å². The standard InChI is InChI=1S/C19H27N3O2/c1-12-10-15-16(11-13(12)2)21-17(20-15)14-6-8-22(9-7-14)18(23)24-19(3,4)5/h10-11,14H,6-9H2,1-5H3,(H,20,21). The molecule has 0 radical (unpaired) electrons. The molecule has 130 valence electrons. The van der Waals surface area contributed by atoms with Gasteiger partial charge in [0.05, 0.1) is 11.0 Å². The number of likely N-dealkylation sites (tertiary alicyclic amines) is 1. The average Bonchev–Trinajstić information content (AvgIpc) is 2.89. The van der Waals surface area contributed by atoms with E-state index in [1.165, 1.54) is 11.1 Å². The van der Waals surface area contributed by atoms with E-state index in [1.807, 2.05) is 20.8 Å². The number of aromatic amines is 1. The largest absolute Gasteiger partial charge is 0.444 e. The van der Waals surface area contributed by atoms with Gasteiger partial charge in [-0.3, -0.25) is 0 Å². The summed E-state index contributed by atoms with van der Waals surface area (Å²) in [5.74, 6) is 1.41. The number of hydrogen-bond acceptors (Lipinski definition) is 3. The molecule has 0 unspecified atom stereocenters. The fraction of sp³-hybridized carbons (Fsp3) is 0.579. The summed E-state index contributed by atoms with van der Waals surface area (Å²) in [6, 6.07) is 4.30. The van der Waals surface area contributed by atoms with Gasteiger partial charge in [-0.1, -0.05) is 0 Å². The number of carbonyl (C=O) groups excluding carboxylic acids is 1. The van der Waals surface area contributed by atoms with E-state index in [2.05, 4.69) is 31.0 Å². The van der Waals surface area contributed by atoms with Crippen molar-refractivity contribution in [3.63, 3.8) is 0 Å². The Bertz CT molecular complexity index is 711. The van der Waals surface area contributed by atoms with Crippen molar-refractivity contribution in [1.29, 1.82) is 0 Å². The second kappa shape index (κ2) is 6.11. The fourth-order valence-corrected chi connectivity index (χ4v) is 3.14. The Labute approximate surface area is 143 Å². The predicted molar refractivity (Wildman–Crippen MR) is 95.3 cm³/mol. The number of rotatable bonds is 1. The molecule has 0 saturated carbocycles. The Morgan fingerprint density at radius 3 is 2.46 bits per heavy atom. The summed E-state index contributed by atoms with van der Waals surface area (Å²) in [4.78, 5) is 22.2. The molecular formula is C19H27N3O2. The summed E-state index contributed by atoms with van der Waals surface area (Å²) in [6.45, 7) is 11.4. The van der Waals surface area contributed by atoms with Crippen molar-refractivity contribution in [3.8, 4) is 0 Å². The van der Waals surface area contributed by atoms with E-state index < -0.39 is 5.60 Å². The van der Waals surface area contributed by atoms with Crippen LogP contribution in [0.25, 0.3) is 11.0 Å². The van der Waals surface area contributed by atoms with Crippen LogP contribution in [0.2, 0.25) is 0 Å². The second-order valence-corrected chi connectivity index (χ2v) is 7.82. The molecule has 1 aliphatic rings. The number of amides is 1. The van der Waals surface area contributed by atoms with Gasteiger partial charge in [0, 0.05) is 19.0 Å². The Morgan fingerprint density at radius 2 is 1.83 bits per heavy atom. The first-order valence-corrected chi connectivity index (χ1v) is 8.68. The molecule has 1 aromatic heterocycles. The molecule has 5 nitrogen and oxygen atoms in total. The number of aromatic nitrogens is 2. The summed E-state index contributed by atoms with van der Waals surface area (Å²) < 4.78 is 5.46. The van der Waals surface area contributed by atoms with Gasteiger partial charge in [-0.15, -0.1) is 0 Å². The van der Waals surface area contributed by atoms with E-state index in [1.54, 1.807) is 4.90 Å². The van der Waals surface area contributed by atoms with Gasteiger partial charge in [0.25, 0.3) is 0 Å². The molecule has 2 aromatic rings. The van der Waals surface area contributed by atoms with Crippen LogP contribution in [-0.2, 0) is 4.74 Å². The van der Waals surface area contributed by atoms with Crippen LogP contribution in [0.1, 0.15) is 56.5 Å². The van der Waals surface area contributed by atoms with Crippen LogP contribution in [0.15, 0.2) is 12.1 Å². The van der Waals surface area contributed by atoms with Crippen molar-refractivity contribution in [2.45, 2.75) is 59.0 Å². The summed E-state index contributed by atoms with van der Waals surface area (Å²) in [6.07, 6.45) is 1.62. The third-order valence-corrected chi connectivity index (χ3v) is 4.65. The van der Waals surface area contributed by atoms with Crippen LogP contribution in [0, 0.1) is 13.8 Å². The van der Waals surface area contributed by atoms with E-state index in [4.69, 9.17) is 9.72 Å². The van der Waals surface area contributed by atoms with Gasteiger partial charge in [-0.05, 0) is 70.7 Å². The molecule has 0 aliphatic carbocycles. The number of fused-ring (bicyclic) bond motifs is 1. The maximum atomic E-state index is 12.2. The van der Waals surface area contributed by atoms with Gasteiger partial charge >= 0.3 is 6.09 Å². The summed E-state index contributed by atoms with van der Waals surface area (Å²) >= 11 is 0. The third kappa shape index (κ3) is 3.55. The minimum Gasteiger partial charge on any atom is -0.444 e. The molecule has 3 rings (SSSR count). The number of aryl methyl sites for hydroxylation is 2. The topological polar surface area (TPSA) is 58.2 Å². The van der Waals surface area contributed by atoms with Crippen molar-refractivity contribution in [2.75, 3.05) is 13.1 Å². The van der Waals surface area contributed by atoms with Gasteiger partial charge in [-0.2, -0.15) is 0 Å². The molecule has 1 N–H and O–H groups in total. The predicted octanol–water partition coefficient (Wildman–Crippen LogP) is 4.29. The Balaban J connectivity index is 1.67. The highest BCUT2D eigenvalue weighted by Crippen LogP contribution is 2.29. The van der Waals surface area contributed by atoms with Gasteiger partial charge in [0.1, 0.15) is 11.4 Å². The lowest BCUT2D eigenvalue weighted by Gasteiger charge is -2.32. The van der Waals surface area contributed by atoms with Crippen LogP contribution in [0.4, 0.5) is 4.79 Å². The first-order chi connectivity index (χ1) is 11.2. The lowest BCUT2D eigenvalue weighted by atomic mass is 9.96. The smallest absolute Gasteiger partial charge is 0.410 e. The zero-order chi connectivity index (χ0) is 17.5. The molecule has 2 heterocycles. The van der Waals surface area contributed by atoms with Crippen molar-refractivity contribution in [2.24, 2.45) is 0 Å². The van der Waals surface area contributed by atoms with Crippen molar-refractivity contribution >= 4 is 17.1 Å². The number of hydrogen-bond donors (Lipinski definition) is 1. The SMILES string of the molecule is Cc1cc2nc(C3CCN(C(=O)OC(C)(C)C)CC3)[nH]c2cc1C. The van der Waals surface area contributed by atoms with Gasteiger partial charge < -0.3 is 14.6 Å². The zero-order valence-electron chi connectivity index (χ0n) is 15.3. The highest BCUT2D eigenvalue weighted by Gasteiger charge is 2.28. The van der Waals surface area contributed by atoms with Gasteiger partial charge in [-0.25, -0.2) is 9.78 Å². The van der Waals surface area contributed by atoms with E-state index in [9.17, 15) is 4.79 Å². The van der Waals surface area contributed by atoms with Gasteiger partial charge in [0.2, 0.25) is 0 Å². The van der Waals surface area contributed by atoms with Crippen LogP contribution in [-0.4, -0.2) is 39.7 Å². The average molecular weight is 329 g/mol. The Kier molecular flexibility index (Phi) is 4.28. The van der Waals surface area contributed by atoms with E-state index in [-0.39, 0.29) is 6.09 Å². The first-order valence-electron chi connectivity index (χ1n) is 8.68. The number of piperidine rings is 1. The van der Waals surface area contributed by atoms with E-state index >= 15 is 0 Å². The maximum absolute atomic E-state index is 12.2. The molecule has 1 amide bonds. The first kappa shape index (κ1) is 16.8. The third-order valence-electron chi connectivity index (χ3n) is 4.65. The van der Waals surface area contributed by atoms with E-state index in [0.717, 1.165) is 29.7 Å². The molecule has 1 aliphatic heterocycles. The quantitative estimate of drug-likeness (QED) is 0.849. The lowest BCUT2D eigenvalue weighted by molar-refractivity contribution is 0.0203. The lowest BCUT2D eigenvalue weighted by Crippen LogP contribution is -2.41. The van der Waals surface area contributed by atoms with Crippen LogP contribution in [0.3, 0.4) is 0 Å². The number of nitrogens with zero attached hydrogens (tertiary/aromatic N) is 2. The molecule has 0 bridgehead atoms. The minimum absolute atomic E-state index is 0.211. The van der Waals surface area contributed by atoms with E-state index in [0.29, 0.717) is 19.0 Å². The Hall–Kier alpha value is -2.04. The minimum atomic E-state index is -0.442. The number of ether oxygens (including phenoxy) is 1. The van der Waals surface area contributed by atoms with Crippen molar-refractivity contribution in [3.05, 3.63) is 29.1 Å². The normalized spacial score (nSPS) is 16.6. The van der Waals surface area contributed by atoms with Crippen LogP contribution >= 0.6 is 0 Å². The molecule has 0 atom stereocenters.